The van der Waals surface area contributed by atoms with Crippen LogP contribution in [-0.4, -0.2) is 24.5 Å². The fourth-order valence-corrected chi connectivity index (χ4v) is 1.84. The van der Waals surface area contributed by atoms with Crippen LogP contribution in [0.25, 0.3) is 0 Å². The van der Waals surface area contributed by atoms with Crippen molar-refractivity contribution in [3.63, 3.8) is 0 Å². The Morgan fingerprint density at radius 1 is 1.50 bits per heavy atom. The summed E-state index contributed by atoms with van der Waals surface area (Å²) >= 11 is 0. The summed E-state index contributed by atoms with van der Waals surface area (Å²) in [5, 5.41) is 0. The molecule has 1 aliphatic rings. The minimum atomic E-state index is 0.696. The maximum absolute atomic E-state index is 2.44. The third kappa shape index (κ3) is 2.21. The highest BCUT2D eigenvalue weighted by Gasteiger charge is 2.21. The van der Waals surface area contributed by atoms with Crippen LogP contribution in [0.3, 0.4) is 0 Å². The Morgan fingerprint density at radius 2 is 2.25 bits per heavy atom. The molecule has 0 bridgehead atoms. The topological polar surface area (TPSA) is 3.24 Å². The standard InChI is InChI=1S/C11H19N/c1-4-5-7-10(2)11-8-6-9-12(11)3/h4-5,7,11H,6,8-9H2,1-3H3/b5-4-,10-7+. The molecule has 1 nitrogen and oxygen atoms in total. The molecule has 0 aliphatic carbocycles. The SMILES string of the molecule is C/C=C\C=C(/C)C1CCCN1C. The Bertz CT molecular complexity index is 191. The fourth-order valence-electron chi connectivity index (χ4n) is 1.84. The van der Waals surface area contributed by atoms with E-state index in [1.165, 1.54) is 25.0 Å². The maximum Gasteiger partial charge on any atom is 0.0305 e. The van der Waals surface area contributed by atoms with Gasteiger partial charge < -0.3 is 0 Å². The second-order valence-corrected chi connectivity index (χ2v) is 3.58. The van der Waals surface area contributed by atoms with Crippen molar-refractivity contribution in [3.8, 4) is 0 Å². The number of likely N-dealkylation sites (tertiary alicyclic amines) is 1. The molecule has 1 atom stereocenters. The van der Waals surface area contributed by atoms with E-state index in [4.69, 9.17) is 0 Å². The lowest BCUT2D eigenvalue weighted by molar-refractivity contribution is 0.345. The molecule has 0 aromatic carbocycles. The number of allylic oxidation sites excluding steroid dienone is 3. The number of rotatable bonds is 2. The van der Waals surface area contributed by atoms with Crippen molar-refractivity contribution in [1.29, 1.82) is 0 Å². The monoisotopic (exact) mass is 165 g/mol. The van der Waals surface area contributed by atoms with E-state index in [2.05, 4.69) is 44.0 Å². The second-order valence-electron chi connectivity index (χ2n) is 3.58. The molecule has 0 spiro atoms. The normalized spacial score (nSPS) is 27.2. The van der Waals surface area contributed by atoms with Crippen LogP contribution in [-0.2, 0) is 0 Å². The molecular weight excluding hydrogens is 146 g/mol. The molecule has 1 heteroatoms. The van der Waals surface area contributed by atoms with Crippen LogP contribution in [0.4, 0.5) is 0 Å². The Balaban J connectivity index is 2.56. The Labute approximate surface area is 75.8 Å². The van der Waals surface area contributed by atoms with Gasteiger partial charge in [-0.3, -0.25) is 4.90 Å². The first-order valence-corrected chi connectivity index (χ1v) is 4.75. The van der Waals surface area contributed by atoms with E-state index in [0.29, 0.717) is 6.04 Å². The summed E-state index contributed by atoms with van der Waals surface area (Å²) in [7, 11) is 2.21. The molecule has 0 aromatic heterocycles. The smallest absolute Gasteiger partial charge is 0.0305 e. The zero-order valence-corrected chi connectivity index (χ0v) is 8.38. The van der Waals surface area contributed by atoms with Gasteiger partial charge in [0, 0.05) is 6.04 Å². The van der Waals surface area contributed by atoms with Crippen LogP contribution in [0.15, 0.2) is 23.8 Å². The quantitative estimate of drug-likeness (QED) is 0.568. The van der Waals surface area contributed by atoms with Gasteiger partial charge >= 0.3 is 0 Å². The Kier molecular flexibility index (Phi) is 3.54. The highest BCUT2D eigenvalue weighted by atomic mass is 15.1. The molecule has 0 aromatic rings. The number of hydrogen-bond donors (Lipinski definition) is 0. The van der Waals surface area contributed by atoms with Crippen molar-refractivity contribution in [2.24, 2.45) is 0 Å². The molecule has 0 amide bonds. The lowest BCUT2D eigenvalue weighted by Crippen LogP contribution is -2.25. The minimum absolute atomic E-state index is 0.696. The van der Waals surface area contributed by atoms with Crippen LogP contribution >= 0.6 is 0 Å². The zero-order chi connectivity index (χ0) is 8.97. The van der Waals surface area contributed by atoms with E-state index in [1.807, 2.05) is 0 Å². The van der Waals surface area contributed by atoms with Gasteiger partial charge in [0.15, 0.2) is 0 Å². The van der Waals surface area contributed by atoms with Crippen LogP contribution in [0.1, 0.15) is 26.7 Å². The molecule has 12 heavy (non-hydrogen) atoms. The summed E-state index contributed by atoms with van der Waals surface area (Å²) in [5.74, 6) is 0. The van der Waals surface area contributed by atoms with Crippen LogP contribution < -0.4 is 0 Å². The van der Waals surface area contributed by atoms with Crippen molar-refractivity contribution in [1.82, 2.24) is 4.90 Å². The largest absolute Gasteiger partial charge is 0.300 e. The van der Waals surface area contributed by atoms with E-state index >= 15 is 0 Å². The highest BCUT2D eigenvalue weighted by molar-refractivity contribution is 5.16. The lowest BCUT2D eigenvalue weighted by Gasteiger charge is -2.19. The molecule has 0 saturated carbocycles. The molecule has 1 rings (SSSR count). The van der Waals surface area contributed by atoms with Crippen molar-refractivity contribution in [3.05, 3.63) is 23.8 Å². The van der Waals surface area contributed by atoms with E-state index in [-0.39, 0.29) is 0 Å². The first kappa shape index (κ1) is 9.53. The van der Waals surface area contributed by atoms with E-state index in [9.17, 15) is 0 Å². The molecule has 0 N–H and O–H groups in total. The van der Waals surface area contributed by atoms with E-state index in [1.54, 1.807) is 0 Å². The van der Waals surface area contributed by atoms with Crippen LogP contribution in [0.5, 0.6) is 0 Å². The second kappa shape index (κ2) is 4.46. The average molecular weight is 165 g/mol. The molecule has 0 radical (unpaired) electrons. The molecule has 1 fully saturated rings. The first-order valence-electron chi connectivity index (χ1n) is 4.75. The van der Waals surface area contributed by atoms with Crippen molar-refractivity contribution in [2.45, 2.75) is 32.7 Å². The minimum Gasteiger partial charge on any atom is -0.300 e. The number of nitrogens with zero attached hydrogens (tertiary/aromatic N) is 1. The van der Waals surface area contributed by atoms with Gasteiger partial charge in [0.05, 0.1) is 0 Å². The summed E-state index contributed by atoms with van der Waals surface area (Å²) in [6, 6.07) is 0.696. The lowest BCUT2D eigenvalue weighted by atomic mass is 10.1. The molecule has 1 heterocycles. The summed E-state index contributed by atoms with van der Waals surface area (Å²) in [5.41, 5.74) is 1.49. The molecule has 1 saturated heterocycles. The van der Waals surface area contributed by atoms with Crippen molar-refractivity contribution in [2.75, 3.05) is 13.6 Å². The molecule has 1 aliphatic heterocycles. The zero-order valence-electron chi connectivity index (χ0n) is 8.38. The van der Waals surface area contributed by atoms with Crippen molar-refractivity contribution >= 4 is 0 Å². The third-order valence-electron chi connectivity index (χ3n) is 2.60. The fraction of sp³-hybridized carbons (Fsp3) is 0.636. The summed E-state index contributed by atoms with van der Waals surface area (Å²) < 4.78 is 0. The third-order valence-corrected chi connectivity index (χ3v) is 2.60. The summed E-state index contributed by atoms with van der Waals surface area (Å²) in [4.78, 5) is 2.44. The predicted octanol–water partition coefficient (Wildman–Crippen LogP) is 2.60. The number of likely N-dealkylation sites (N-methyl/N-ethyl adjacent to an activating group) is 1. The Morgan fingerprint density at radius 3 is 2.75 bits per heavy atom. The van der Waals surface area contributed by atoms with Gasteiger partial charge in [-0.05, 0) is 40.3 Å². The van der Waals surface area contributed by atoms with Gasteiger partial charge in [-0.15, -0.1) is 0 Å². The molecule has 1 unspecified atom stereocenters. The van der Waals surface area contributed by atoms with Gasteiger partial charge in [-0.1, -0.05) is 23.8 Å². The highest BCUT2D eigenvalue weighted by Crippen LogP contribution is 2.21. The van der Waals surface area contributed by atoms with Gasteiger partial charge in [-0.2, -0.15) is 0 Å². The summed E-state index contributed by atoms with van der Waals surface area (Å²) in [6.07, 6.45) is 9.12. The first-order chi connectivity index (χ1) is 5.75. The van der Waals surface area contributed by atoms with Gasteiger partial charge in [0.1, 0.15) is 0 Å². The van der Waals surface area contributed by atoms with Gasteiger partial charge in [-0.25, -0.2) is 0 Å². The Hall–Kier alpha value is -0.560. The maximum atomic E-state index is 2.44. The molecular formula is C11H19N. The average Bonchev–Trinajstić information content (AvgIpc) is 2.47. The summed E-state index contributed by atoms with van der Waals surface area (Å²) in [6.45, 7) is 5.54. The van der Waals surface area contributed by atoms with E-state index in [0.717, 1.165) is 0 Å². The van der Waals surface area contributed by atoms with Gasteiger partial charge in [0.25, 0.3) is 0 Å². The van der Waals surface area contributed by atoms with Crippen LogP contribution in [0.2, 0.25) is 0 Å². The molecule has 68 valence electrons. The number of hydrogen-bond acceptors (Lipinski definition) is 1. The van der Waals surface area contributed by atoms with E-state index < -0.39 is 0 Å². The van der Waals surface area contributed by atoms with Crippen LogP contribution in [0, 0.1) is 0 Å². The van der Waals surface area contributed by atoms with Crippen molar-refractivity contribution < 1.29 is 0 Å². The predicted molar refractivity (Wildman–Crippen MR) is 54.2 cm³/mol. The van der Waals surface area contributed by atoms with Gasteiger partial charge in [0.2, 0.25) is 0 Å².